The minimum Gasteiger partial charge on any atom is -0.385 e. The normalized spacial score (nSPS) is 30.1. The van der Waals surface area contributed by atoms with Crippen LogP contribution in [0.4, 0.5) is 0 Å². The Morgan fingerprint density at radius 3 is 2.94 bits per heavy atom. The van der Waals surface area contributed by atoms with E-state index < -0.39 is 0 Å². The molecule has 1 saturated carbocycles. The van der Waals surface area contributed by atoms with Gasteiger partial charge in [-0.15, -0.1) is 0 Å². The Labute approximate surface area is 97.9 Å². The number of methoxy groups -OCH3 is 1. The molecule has 0 aromatic carbocycles. The Morgan fingerprint density at radius 2 is 2.25 bits per heavy atom. The highest BCUT2D eigenvalue weighted by Crippen LogP contribution is 2.27. The van der Waals surface area contributed by atoms with Gasteiger partial charge < -0.3 is 15.8 Å². The number of nitrogens with two attached hydrogens (primary N) is 1. The second-order valence-electron chi connectivity index (χ2n) is 4.73. The van der Waals surface area contributed by atoms with Gasteiger partial charge in [-0.05, 0) is 25.2 Å². The van der Waals surface area contributed by atoms with Gasteiger partial charge in [0.2, 0.25) is 5.91 Å². The summed E-state index contributed by atoms with van der Waals surface area (Å²) < 4.78 is 4.93. The summed E-state index contributed by atoms with van der Waals surface area (Å²) in [6.45, 7) is 3.51. The van der Waals surface area contributed by atoms with Gasteiger partial charge in [0.1, 0.15) is 0 Å². The van der Waals surface area contributed by atoms with Crippen molar-refractivity contribution in [2.75, 3.05) is 20.3 Å². The number of rotatable bonds is 5. The second-order valence-corrected chi connectivity index (χ2v) is 4.73. The molecule has 0 aromatic rings. The average Bonchev–Trinajstić information content (AvgIpc) is 2.28. The summed E-state index contributed by atoms with van der Waals surface area (Å²) in [7, 11) is 1.67. The molecule has 1 aliphatic carbocycles. The molecule has 0 aromatic heterocycles. The number of hydrogen-bond acceptors (Lipinski definition) is 3. The van der Waals surface area contributed by atoms with E-state index in [0.29, 0.717) is 19.1 Å². The highest BCUT2D eigenvalue weighted by Gasteiger charge is 2.32. The van der Waals surface area contributed by atoms with E-state index in [4.69, 9.17) is 10.5 Å². The van der Waals surface area contributed by atoms with Crippen LogP contribution in [-0.4, -0.2) is 32.2 Å². The predicted octanol–water partition coefficient (Wildman–Crippen LogP) is 0.903. The van der Waals surface area contributed by atoms with Gasteiger partial charge >= 0.3 is 0 Å². The van der Waals surface area contributed by atoms with Crippen molar-refractivity contribution in [2.24, 2.45) is 17.6 Å². The van der Waals surface area contributed by atoms with E-state index in [-0.39, 0.29) is 17.9 Å². The molecule has 4 heteroatoms. The van der Waals surface area contributed by atoms with Crippen molar-refractivity contribution >= 4 is 5.91 Å². The third kappa shape index (κ3) is 3.76. The van der Waals surface area contributed by atoms with Gasteiger partial charge in [-0.25, -0.2) is 0 Å². The summed E-state index contributed by atoms with van der Waals surface area (Å²) in [5.41, 5.74) is 6.07. The summed E-state index contributed by atoms with van der Waals surface area (Å²) in [5.74, 6) is 0.588. The first-order valence-electron chi connectivity index (χ1n) is 6.19. The molecule has 1 aliphatic rings. The molecule has 0 bridgehead atoms. The van der Waals surface area contributed by atoms with Crippen molar-refractivity contribution in [3.63, 3.8) is 0 Å². The Hall–Kier alpha value is -0.610. The molecule has 4 nitrogen and oxygen atoms in total. The van der Waals surface area contributed by atoms with Crippen LogP contribution in [0, 0.1) is 11.8 Å². The molecule has 0 spiro atoms. The Balaban J connectivity index is 2.29. The van der Waals surface area contributed by atoms with E-state index >= 15 is 0 Å². The maximum Gasteiger partial charge on any atom is 0.224 e. The lowest BCUT2D eigenvalue weighted by atomic mass is 9.78. The fourth-order valence-corrected chi connectivity index (χ4v) is 2.31. The lowest BCUT2D eigenvalue weighted by Gasteiger charge is -2.32. The summed E-state index contributed by atoms with van der Waals surface area (Å²) >= 11 is 0. The van der Waals surface area contributed by atoms with E-state index in [0.717, 1.165) is 25.7 Å². The Morgan fingerprint density at radius 1 is 1.50 bits per heavy atom. The minimum absolute atomic E-state index is 0.00583. The maximum absolute atomic E-state index is 11.9. The van der Waals surface area contributed by atoms with E-state index in [9.17, 15) is 4.79 Å². The number of carbonyl (C=O) groups is 1. The minimum atomic E-state index is 0.00583. The van der Waals surface area contributed by atoms with Crippen molar-refractivity contribution in [3.8, 4) is 0 Å². The van der Waals surface area contributed by atoms with Gasteiger partial charge in [-0.1, -0.05) is 13.3 Å². The topological polar surface area (TPSA) is 64.3 Å². The molecule has 94 valence electrons. The Bertz CT molecular complexity index is 221. The van der Waals surface area contributed by atoms with Crippen LogP contribution in [0.15, 0.2) is 0 Å². The van der Waals surface area contributed by atoms with Crippen molar-refractivity contribution in [1.82, 2.24) is 5.32 Å². The Kier molecular flexibility index (Phi) is 5.77. The van der Waals surface area contributed by atoms with E-state index in [1.165, 1.54) is 0 Å². The first kappa shape index (κ1) is 13.5. The van der Waals surface area contributed by atoms with Crippen LogP contribution < -0.4 is 11.1 Å². The highest BCUT2D eigenvalue weighted by molar-refractivity contribution is 5.79. The average molecular weight is 228 g/mol. The zero-order valence-corrected chi connectivity index (χ0v) is 10.4. The van der Waals surface area contributed by atoms with Crippen molar-refractivity contribution in [3.05, 3.63) is 0 Å². The largest absolute Gasteiger partial charge is 0.385 e. The van der Waals surface area contributed by atoms with Crippen LogP contribution in [0.3, 0.4) is 0 Å². The summed E-state index contributed by atoms with van der Waals surface area (Å²) in [6.07, 6.45) is 4.06. The molecule has 16 heavy (non-hydrogen) atoms. The van der Waals surface area contributed by atoms with E-state index in [1.807, 2.05) is 0 Å². The number of carbonyl (C=O) groups excluding carboxylic acids is 1. The predicted molar refractivity (Wildman–Crippen MR) is 64.0 cm³/mol. The SMILES string of the molecule is COCCCNC(=O)C1CCCC(C)C1N. The third-order valence-corrected chi connectivity index (χ3v) is 3.46. The second kappa shape index (κ2) is 6.86. The number of hydrogen-bond donors (Lipinski definition) is 2. The molecule has 3 atom stereocenters. The van der Waals surface area contributed by atoms with Gasteiger partial charge in [0.05, 0.1) is 5.92 Å². The van der Waals surface area contributed by atoms with Crippen LogP contribution in [-0.2, 0) is 9.53 Å². The number of amides is 1. The fourth-order valence-electron chi connectivity index (χ4n) is 2.31. The molecule has 0 saturated heterocycles. The standard InChI is InChI=1S/C12H24N2O2/c1-9-5-3-6-10(11(9)13)12(15)14-7-4-8-16-2/h9-11H,3-8,13H2,1-2H3,(H,14,15). The summed E-state index contributed by atoms with van der Waals surface area (Å²) in [4.78, 5) is 11.9. The van der Waals surface area contributed by atoms with Crippen molar-refractivity contribution < 1.29 is 9.53 Å². The third-order valence-electron chi connectivity index (χ3n) is 3.46. The van der Waals surface area contributed by atoms with E-state index in [1.54, 1.807) is 7.11 Å². The highest BCUT2D eigenvalue weighted by atomic mass is 16.5. The molecule has 1 amide bonds. The summed E-state index contributed by atoms with van der Waals surface area (Å²) in [6, 6.07) is 0.0242. The smallest absolute Gasteiger partial charge is 0.224 e. The van der Waals surface area contributed by atoms with E-state index in [2.05, 4.69) is 12.2 Å². The molecule has 3 unspecified atom stereocenters. The first-order chi connectivity index (χ1) is 7.66. The molecular weight excluding hydrogens is 204 g/mol. The summed E-state index contributed by atoms with van der Waals surface area (Å²) in [5, 5.41) is 2.94. The van der Waals surface area contributed by atoms with Gasteiger partial charge in [-0.2, -0.15) is 0 Å². The van der Waals surface area contributed by atoms with Gasteiger partial charge in [0, 0.05) is 26.3 Å². The molecule has 3 N–H and O–H groups in total. The molecule has 0 aliphatic heterocycles. The van der Waals surface area contributed by atoms with Crippen LogP contribution in [0.25, 0.3) is 0 Å². The lowest BCUT2D eigenvalue weighted by molar-refractivity contribution is -0.127. The van der Waals surface area contributed by atoms with Crippen LogP contribution in [0.2, 0.25) is 0 Å². The molecule has 1 rings (SSSR count). The van der Waals surface area contributed by atoms with Crippen LogP contribution in [0.5, 0.6) is 0 Å². The number of ether oxygens (including phenoxy) is 1. The fraction of sp³-hybridized carbons (Fsp3) is 0.917. The molecule has 0 radical (unpaired) electrons. The number of nitrogens with one attached hydrogen (secondary N) is 1. The molecule has 0 heterocycles. The van der Waals surface area contributed by atoms with Crippen molar-refractivity contribution in [2.45, 2.75) is 38.6 Å². The maximum atomic E-state index is 11.9. The molecular formula is C12H24N2O2. The quantitative estimate of drug-likeness (QED) is 0.687. The van der Waals surface area contributed by atoms with Crippen LogP contribution in [0.1, 0.15) is 32.6 Å². The van der Waals surface area contributed by atoms with Gasteiger partial charge in [0.25, 0.3) is 0 Å². The van der Waals surface area contributed by atoms with Crippen molar-refractivity contribution in [1.29, 1.82) is 0 Å². The first-order valence-corrected chi connectivity index (χ1v) is 6.19. The zero-order chi connectivity index (χ0) is 12.0. The zero-order valence-electron chi connectivity index (χ0n) is 10.4. The van der Waals surface area contributed by atoms with Gasteiger partial charge in [0.15, 0.2) is 0 Å². The molecule has 1 fully saturated rings. The monoisotopic (exact) mass is 228 g/mol. The lowest BCUT2D eigenvalue weighted by Crippen LogP contribution is -2.47. The van der Waals surface area contributed by atoms with Crippen LogP contribution >= 0.6 is 0 Å². The van der Waals surface area contributed by atoms with Gasteiger partial charge in [-0.3, -0.25) is 4.79 Å².